The topological polar surface area (TPSA) is 68.0 Å². The van der Waals surface area contributed by atoms with E-state index in [1.54, 1.807) is 18.2 Å². The zero-order valence-electron chi connectivity index (χ0n) is 8.18. The van der Waals surface area contributed by atoms with Gasteiger partial charge in [-0.2, -0.15) is 0 Å². The van der Waals surface area contributed by atoms with Crippen LogP contribution in [-0.2, 0) is 6.54 Å². The van der Waals surface area contributed by atoms with E-state index in [4.69, 9.17) is 11.6 Å². The largest absolute Gasteiger partial charge is 0.364 e. The second-order valence-corrected chi connectivity index (χ2v) is 3.37. The standard InChI is InChI=1S/C10H8ClN3O2/c11-9-8(2-1-4-12-9)10(15)13-6-7-3-5-16-14-7/h1-5H,6H2,(H,13,15). The number of carbonyl (C=O) groups is 1. The molecule has 0 radical (unpaired) electrons. The summed E-state index contributed by atoms with van der Waals surface area (Å²) >= 11 is 5.77. The number of pyridine rings is 1. The maximum atomic E-state index is 11.7. The minimum absolute atomic E-state index is 0.181. The summed E-state index contributed by atoms with van der Waals surface area (Å²) in [6.45, 7) is 0.292. The monoisotopic (exact) mass is 237 g/mol. The predicted molar refractivity (Wildman–Crippen MR) is 56.9 cm³/mol. The summed E-state index contributed by atoms with van der Waals surface area (Å²) in [4.78, 5) is 15.5. The van der Waals surface area contributed by atoms with Crippen molar-refractivity contribution in [2.24, 2.45) is 0 Å². The van der Waals surface area contributed by atoms with E-state index in [1.165, 1.54) is 12.5 Å². The smallest absolute Gasteiger partial charge is 0.254 e. The van der Waals surface area contributed by atoms with Gasteiger partial charge < -0.3 is 9.84 Å². The van der Waals surface area contributed by atoms with Gasteiger partial charge in [-0.15, -0.1) is 0 Å². The molecule has 0 unspecified atom stereocenters. The van der Waals surface area contributed by atoms with Gasteiger partial charge in [0.25, 0.3) is 5.91 Å². The molecule has 0 fully saturated rings. The van der Waals surface area contributed by atoms with E-state index < -0.39 is 0 Å². The highest BCUT2D eigenvalue weighted by atomic mass is 35.5. The summed E-state index contributed by atoms with van der Waals surface area (Å²) in [5, 5.41) is 6.50. The van der Waals surface area contributed by atoms with E-state index in [-0.39, 0.29) is 11.1 Å². The molecule has 0 saturated heterocycles. The molecule has 1 N–H and O–H groups in total. The fourth-order valence-electron chi connectivity index (χ4n) is 1.15. The third-order valence-electron chi connectivity index (χ3n) is 1.93. The number of carbonyl (C=O) groups excluding carboxylic acids is 1. The molecule has 0 aromatic carbocycles. The van der Waals surface area contributed by atoms with Crippen molar-refractivity contribution in [1.82, 2.24) is 15.5 Å². The lowest BCUT2D eigenvalue weighted by atomic mass is 10.2. The van der Waals surface area contributed by atoms with E-state index in [0.717, 1.165) is 0 Å². The molecular weight excluding hydrogens is 230 g/mol. The van der Waals surface area contributed by atoms with Crippen LogP contribution in [0.4, 0.5) is 0 Å². The van der Waals surface area contributed by atoms with Crippen molar-refractivity contribution in [3.05, 3.63) is 47.1 Å². The number of nitrogens with zero attached hydrogens (tertiary/aromatic N) is 2. The van der Waals surface area contributed by atoms with Crippen molar-refractivity contribution < 1.29 is 9.32 Å². The fraction of sp³-hybridized carbons (Fsp3) is 0.100. The van der Waals surface area contributed by atoms with Crippen molar-refractivity contribution >= 4 is 17.5 Å². The lowest BCUT2D eigenvalue weighted by Gasteiger charge is -2.03. The van der Waals surface area contributed by atoms with Crippen LogP contribution in [0.15, 0.2) is 35.2 Å². The molecule has 2 rings (SSSR count). The van der Waals surface area contributed by atoms with E-state index in [2.05, 4.69) is 20.0 Å². The van der Waals surface area contributed by atoms with Crippen LogP contribution in [0.5, 0.6) is 0 Å². The Kier molecular flexibility index (Phi) is 3.16. The molecule has 1 amide bonds. The summed E-state index contributed by atoms with van der Waals surface area (Å²) < 4.78 is 4.64. The molecule has 0 atom stereocenters. The van der Waals surface area contributed by atoms with E-state index in [0.29, 0.717) is 17.8 Å². The first-order chi connectivity index (χ1) is 7.77. The van der Waals surface area contributed by atoms with Crippen LogP contribution in [-0.4, -0.2) is 16.0 Å². The summed E-state index contributed by atoms with van der Waals surface area (Å²) in [7, 11) is 0. The molecule has 0 saturated carbocycles. The SMILES string of the molecule is O=C(NCc1ccon1)c1cccnc1Cl. The van der Waals surface area contributed by atoms with Crippen LogP contribution in [0.2, 0.25) is 5.15 Å². The van der Waals surface area contributed by atoms with Crippen molar-refractivity contribution in [1.29, 1.82) is 0 Å². The number of amides is 1. The molecule has 0 bridgehead atoms. The van der Waals surface area contributed by atoms with Crippen LogP contribution in [0, 0.1) is 0 Å². The average Bonchev–Trinajstić information content (AvgIpc) is 2.79. The molecule has 82 valence electrons. The van der Waals surface area contributed by atoms with Gasteiger partial charge >= 0.3 is 0 Å². The molecular formula is C10H8ClN3O2. The Morgan fingerprint density at radius 1 is 1.50 bits per heavy atom. The molecule has 16 heavy (non-hydrogen) atoms. The van der Waals surface area contributed by atoms with Crippen molar-refractivity contribution in [3.8, 4) is 0 Å². The van der Waals surface area contributed by atoms with Crippen LogP contribution < -0.4 is 5.32 Å². The summed E-state index contributed by atoms with van der Waals surface area (Å²) in [6, 6.07) is 4.93. The molecule has 0 spiro atoms. The molecule has 2 heterocycles. The number of aromatic nitrogens is 2. The highest BCUT2D eigenvalue weighted by Crippen LogP contribution is 2.11. The lowest BCUT2D eigenvalue weighted by molar-refractivity contribution is 0.0950. The third kappa shape index (κ3) is 2.38. The van der Waals surface area contributed by atoms with Gasteiger partial charge in [0.2, 0.25) is 0 Å². The van der Waals surface area contributed by atoms with Gasteiger partial charge in [-0.05, 0) is 12.1 Å². The van der Waals surface area contributed by atoms with Crippen LogP contribution >= 0.6 is 11.6 Å². The van der Waals surface area contributed by atoms with Gasteiger partial charge in [-0.3, -0.25) is 4.79 Å². The maximum Gasteiger partial charge on any atom is 0.254 e. The van der Waals surface area contributed by atoms with Gasteiger partial charge in [0.05, 0.1) is 12.1 Å². The second-order valence-electron chi connectivity index (χ2n) is 3.02. The average molecular weight is 238 g/mol. The van der Waals surface area contributed by atoms with Crippen molar-refractivity contribution in [3.63, 3.8) is 0 Å². The first kappa shape index (κ1) is 10.6. The maximum absolute atomic E-state index is 11.7. The Morgan fingerprint density at radius 2 is 2.38 bits per heavy atom. The van der Waals surface area contributed by atoms with E-state index in [9.17, 15) is 4.79 Å². The predicted octanol–water partition coefficient (Wildman–Crippen LogP) is 1.65. The Morgan fingerprint density at radius 3 is 3.06 bits per heavy atom. The molecule has 6 heteroatoms. The Labute approximate surface area is 96.4 Å². The molecule has 2 aromatic rings. The van der Waals surface area contributed by atoms with Gasteiger partial charge in [0.15, 0.2) is 0 Å². The van der Waals surface area contributed by atoms with Crippen LogP contribution in [0.25, 0.3) is 0 Å². The first-order valence-electron chi connectivity index (χ1n) is 4.55. The highest BCUT2D eigenvalue weighted by molar-refractivity contribution is 6.32. The summed E-state index contributed by atoms with van der Waals surface area (Å²) in [5.74, 6) is -0.291. The number of halogens is 1. The highest BCUT2D eigenvalue weighted by Gasteiger charge is 2.10. The molecule has 0 aliphatic heterocycles. The minimum Gasteiger partial charge on any atom is -0.364 e. The normalized spacial score (nSPS) is 10.1. The fourth-order valence-corrected chi connectivity index (χ4v) is 1.36. The quantitative estimate of drug-likeness (QED) is 0.825. The van der Waals surface area contributed by atoms with Gasteiger partial charge in [0, 0.05) is 12.3 Å². The molecule has 0 aliphatic rings. The molecule has 2 aromatic heterocycles. The summed E-state index contributed by atoms with van der Waals surface area (Å²) in [5.41, 5.74) is 0.987. The van der Waals surface area contributed by atoms with Crippen LogP contribution in [0.1, 0.15) is 16.1 Å². The second kappa shape index (κ2) is 4.76. The number of hydrogen-bond donors (Lipinski definition) is 1. The van der Waals surface area contributed by atoms with Gasteiger partial charge in [0.1, 0.15) is 17.1 Å². The van der Waals surface area contributed by atoms with E-state index in [1.807, 2.05) is 0 Å². The Hall–Kier alpha value is -1.88. The molecule has 0 aliphatic carbocycles. The molecule has 5 nitrogen and oxygen atoms in total. The zero-order chi connectivity index (χ0) is 11.4. The number of rotatable bonds is 3. The minimum atomic E-state index is -0.291. The van der Waals surface area contributed by atoms with Crippen LogP contribution in [0.3, 0.4) is 0 Å². The number of hydrogen-bond acceptors (Lipinski definition) is 4. The Bertz CT molecular complexity index is 485. The number of nitrogens with one attached hydrogen (secondary N) is 1. The van der Waals surface area contributed by atoms with Gasteiger partial charge in [-0.25, -0.2) is 4.98 Å². The summed E-state index contributed by atoms with van der Waals surface area (Å²) in [6.07, 6.45) is 2.97. The van der Waals surface area contributed by atoms with Crippen molar-refractivity contribution in [2.45, 2.75) is 6.54 Å². The van der Waals surface area contributed by atoms with E-state index >= 15 is 0 Å². The van der Waals surface area contributed by atoms with Gasteiger partial charge in [-0.1, -0.05) is 16.8 Å². The first-order valence-corrected chi connectivity index (χ1v) is 4.93. The Balaban J connectivity index is 2.01. The third-order valence-corrected chi connectivity index (χ3v) is 2.23. The lowest BCUT2D eigenvalue weighted by Crippen LogP contribution is -2.23. The van der Waals surface area contributed by atoms with Crippen molar-refractivity contribution in [2.75, 3.05) is 0 Å². The zero-order valence-corrected chi connectivity index (χ0v) is 8.94.